The Labute approximate surface area is 223 Å². The molecule has 0 amide bonds. The number of pyridine rings is 1. The van der Waals surface area contributed by atoms with E-state index in [1.165, 1.54) is 22.1 Å². The van der Waals surface area contributed by atoms with Crippen molar-refractivity contribution in [3.8, 4) is 6.07 Å². The third-order valence-corrected chi connectivity index (χ3v) is 8.72. The lowest BCUT2D eigenvalue weighted by molar-refractivity contribution is 0.0273. The molecule has 6 rings (SSSR count). The zero-order valence-corrected chi connectivity index (χ0v) is 22.5. The van der Waals surface area contributed by atoms with Crippen LogP contribution in [-0.2, 0) is 18.3 Å². The highest BCUT2D eigenvalue weighted by Gasteiger charge is 2.39. The number of morpholine rings is 1. The van der Waals surface area contributed by atoms with Gasteiger partial charge >= 0.3 is 5.69 Å². The number of likely N-dealkylation sites (tertiary alicyclic amines) is 1. The smallest absolute Gasteiger partial charge is 0.349 e. The van der Waals surface area contributed by atoms with Gasteiger partial charge in [-0.15, -0.1) is 0 Å². The SMILES string of the molecule is CC(c1ccc(CN2C[C@@H]3C[C@H]2CO3)cc1)N1C[C@H](C)N(c2nc(=O)n(C)c3ccc(C#N)nc23)C[C@H]1C. The van der Waals surface area contributed by atoms with Gasteiger partial charge in [-0.1, -0.05) is 24.3 Å². The number of nitrogens with zero attached hydrogens (tertiary/aromatic N) is 7. The minimum atomic E-state index is -0.316. The maximum atomic E-state index is 12.7. The Kier molecular flexibility index (Phi) is 6.42. The zero-order valence-electron chi connectivity index (χ0n) is 22.5. The summed E-state index contributed by atoms with van der Waals surface area (Å²) >= 11 is 0. The third-order valence-electron chi connectivity index (χ3n) is 8.72. The molecule has 1 unspecified atom stereocenters. The van der Waals surface area contributed by atoms with Crippen LogP contribution in [0.2, 0.25) is 0 Å². The van der Waals surface area contributed by atoms with Crippen molar-refractivity contribution in [3.63, 3.8) is 0 Å². The van der Waals surface area contributed by atoms with Crippen LogP contribution in [-0.4, -0.2) is 74.8 Å². The van der Waals surface area contributed by atoms with E-state index in [1.54, 1.807) is 19.2 Å². The predicted octanol–water partition coefficient (Wildman–Crippen LogP) is 2.83. The van der Waals surface area contributed by atoms with Crippen molar-refractivity contribution in [3.05, 3.63) is 63.7 Å². The molecule has 0 aliphatic carbocycles. The maximum absolute atomic E-state index is 12.7. The molecule has 3 aliphatic heterocycles. The van der Waals surface area contributed by atoms with Crippen molar-refractivity contribution in [2.75, 3.05) is 31.1 Å². The van der Waals surface area contributed by atoms with Crippen LogP contribution < -0.4 is 10.6 Å². The average Bonchev–Trinajstić information content (AvgIpc) is 3.55. The molecule has 2 bridgehead atoms. The van der Waals surface area contributed by atoms with Gasteiger partial charge in [0, 0.05) is 57.4 Å². The monoisotopic (exact) mass is 513 g/mol. The molecule has 5 atom stereocenters. The molecule has 3 saturated heterocycles. The number of hydrogen-bond donors (Lipinski definition) is 0. The number of fused-ring (bicyclic) bond motifs is 3. The first-order valence-electron chi connectivity index (χ1n) is 13.6. The highest BCUT2D eigenvalue weighted by atomic mass is 16.5. The van der Waals surface area contributed by atoms with Crippen molar-refractivity contribution >= 4 is 16.9 Å². The van der Waals surface area contributed by atoms with E-state index >= 15 is 0 Å². The van der Waals surface area contributed by atoms with Crippen LogP contribution in [0.5, 0.6) is 0 Å². The van der Waals surface area contributed by atoms with Gasteiger partial charge in [-0.3, -0.25) is 14.4 Å². The lowest BCUT2D eigenvalue weighted by Gasteiger charge is -2.47. The number of nitriles is 1. The lowest BCUT2D eigenvalue weighted by atomic mass is 9.99. The normalized spacial score (nSPS) is 26.7. The second-order valence-electron chi connectivity index (χ2n) is 11.2. The first kappa shape index (κ1) is 25.0. The molecule has 9 heteroatoms. The van der Waals surface area contributed by atoms with Crippen LogP contribution in [0.25, 0.3) is 11.0 Å². The summed E-state index contributed by atoms with van der Waals surface area (Å²) in [5, 5.41) is 9.40. The number of aromatic nitrogens is 3. The summed E-state index contributed by atoms with van der Waals surface area (Å²) in [5.41, 5.74) is 3.95. The number of rotatable bonds is 5. The summed E-state index contributed by atoms with van der Waals surface area (Å²) in [5.74, 6) is 0.567. The molecular weight excluding hydrogens is 478 g/mol. The molecule has 0 saturated carbocycles. The van der Waals surface area contributed by atoms with Gasteiger partial charge in [0.25, 0.3) is 0 Å². The molecule has 5 heterocycles. The fraction of sp³-hybridized carbons (Fsp3) is 0.517. The summed E-state index contributed by atoms with van der Waals surface area (Å²) in [6, 6.07) is 15.8. The van der Waals surface area contributed by atoms with E-state index in [0.717, 1.165) is 32.8 Å². The molecule has 3 aromatic rings. The molecule has 38 heavy (non-hydrogen) atoms. The van der Waals surface area contributed by atoms with Gasteiger partial charge in [-0.2, -0.15) is 10.2 Å². The van der Waals surface area contributed by atoms with Gasteiger partial charge in [-0.05, 0) is 50.5 Å². The van der Waals surface area contributed by atoms with Crippen LogP contribution in [0.3, 0.4) is 0 Å². The van der Waals surface area contributed by atoms with Gasteiger partial charge in [0.15, 0.2) is 5.82 Å². The van der Waals surface area contributed by atoms with Crippen molar-refractivity contribution in [2.45, 2.75) is 64.0 Å². The van der Waals surface area contributed by atoms with Crippen LogP contribution >= 0.6 is 0 Å². The molecule has 9 nitrogen and oxygen atoms in total. The number of benzene rings is 1. The third kappa shape index (κ3) is 4.37. The molecule has 198 valence electrons. The quantitative estimate of drug-likeness (QED) is 0.515. The van der Waals surface area contributed by atoms with Crippen molar-refractivity contribution in [1.82, 2.24) is 24.3 Å². The van der Waals surface area contributed by atoms with Crippen LogP contribution in [0.4, 0.5) is 5.82 Å². The number of anilines is 1. The Morgan fingerprint density at radius 1 is 1.08 bits per heavy atom. The summed E-state index contributed by atoms with van der Waals surface area (Å²) in [6.07, 6.45) is 1.60. The van der Waals surface area contributed by atoms with Gasteiger partial charge in [0.05, 0.1) is 18.2 Å². The van der Waals surface area contributed by atoms with E-state index < -0.39 is 0 Å². The fourth-order valence-corrected chi connectivity index (χ4v) is 6.46. The molecule has 0 spiro atoms. The summed E-state index contributed by atoms with van der Waals surface area (Å²) in [4.78, 5) is 28.9. The van der Waals surface area contributed by atoms with E-state index in [1.807, 2.05) is 0 Å². The number of piperazine rings is 1. The van der Waals surface area contributed by atoms with Crippen LogP contribution in [0.1, 0.15) is 50.1 Å². The molecule has 3 aliphatic rings. The largest absolute Gasteiger partial charge is 0.375 e. The first-order valence-corrected chi connectivity index (χ1v) is 13.6. The summed E-state index contributed by atoms with van der Waals surface area (Å²) < 4.78 is 7.24. The van der Waals surface area contributed by atoms with E-state index in [2.05, 4.69) is 75.8 Å². The van der Waals surface area contributed by atoms with Crippen molar-refractivity contribution in [2.24, 2.45) is 7.05 Å². The standard InChI is InChI=1S/C29H35N7O2/c1-18-14-36(28-27-26(33(4)29(37)32-28)10-9-23(12-30)31-27)19(2)13-35(18)20(3)22-7-5-21(6-8-22)15-34-16-25-11-24(34)17-38-25/h5-10,18-20,24-25H,11,13-17H2,1-4H3/t18-,19+,20?,24+,25+/m1/s1. The summed E-state index contributed by atoms with van der Waals surface area (Å²) in [6.45, 7) is 11.1. The van der Waals surface area contributed by atoms with Crippen LogP contribution in [0.15, 0.2) is 41.2 Å². The van der Waals surface area contributed by atoms with E-state index in [0.29, 0.717) is 34.7 Å². The minimum Gasteiger partial charge on any atom is -0.375 e. The predicted molar refractivity (Wildman–Crippen MR) is 146 cm³/mol. The molecule has 0 N–H and O–H groups in total. The van der Waals surface area contributed by atoms with Crippen molar-refractivity contribution < 1.29 is 4.74 Å². The minimum absolute atomic E-state index is 0.121. The molecular formula is C29H35N7O2. The lowest BCUT2D eigenvalue weighted by Crippen LogP contribution is -2.57. The molecule has 3 fully saturated rings. The van der Waals surface area contributed by atoms with Crippen molar-refractivity contribution in [1.29, 1.82) is 5.26 Å². The van der Waals surface area contributed by atoms with Crippen LogP contribution in [0, 0.1) is 11.3 Å². The zero-order chi connectivity index (χ0) is 26.6. The Morgan fingerprint density at radius 3 is 2.55 bits per heavy atom. The maximum Gasteiger partial charge on any atom is 0.349 e. The van der Waals surface area contributed by atoms with Gasteiger partial charge in [0.2, 0.25) is 0 Å². The second kappa shape index (κ2) is 9.77. The Hall–Kier alpha value is -3.32. The van der Waals surface area contributed by atoms with Gasteiger partial charge in [0.1, 0.15) is 17.3 Å². The van der Waals surface area contributed by atoms with Gasteiger partial charge < -0.3 is 9.64 Å². The number of hydrogen-bond acceptors (Lipinski definition) is 8. The topological polar surface area (TPSA) is 90.5 Å². The van der Waals surface area contributed by atoms with E-state index in [4.69, 9.17) is 4.74 Å². The molecule has 1 aromatic carbocycles. The first-order chi connectivity index (χ1) is 18.3. The molecule has 0 radical (unpaired) electrons. The Morgan fingerprint density at radius 2 is 1.87 bits per heavy atom. The highest BCUT2D eigenvalue weighted by Crippen LogP contribution is 2.32. The Bertz CT molecular complexity index is 1450. The number of aryl methyl sites for hydroxylation is 1. The summed E-state index contributed by atoms with van der Waals surface area (Å²) in [7, 11) is 1.69. The van der Waals surface area contributed by atoms with Gasteiger partial charge in [-0.25, -0.2) is 9.78 Å². The van der Waals surface area contributed by atoms with E-state index in [9.17, 15) is 10.1 Å². The average molecular weight is 514 g/mol. The fourth-order valence-electron chi connectivity index (χ4n) is 6.46. The Balaban J connectivity index is 1.19. The highest BCUT2D eigenvalue weighted by molar-refractivity contribution is 5.86. The molecule has 2 aromatic heterocycles. The number of ether oxygens (including phenoxy) is 1. The van der Waals surface area contributed by atoms with E-state index in [-0.39, 0.29) is 23.8 Å². The second-order valence-corrected chi connectivity index (χ2v) is 11.2.